The largest absolute Gasteiger partial charge is 0.462 e. The highest BCUT2D eigenvalue weighted by molar-refractivity contribution is 5.90. The summed E-state index contributed by atoms with van der Waals surface area (Å²) in [6.07, 6.45) is 1.82. The average Bonchev–Trinajstić information content (AvgIpc) is 2.28. The van der Waals surface area contributed by atoms with E-state index in [2.05, 4.69) is 0 Å². The Kier molecular flexibility index (Phi) is 3.04. The third kappa shape index (κ3) is 2.13. The fourth-order valence-corrected chi connectivity index (χ4v) is 1.95. The summed E-state index contributed by atoms with van der Waals surface area (Å²) in [7, 11) is 0. The van der Waals surface area contributed by atoms with E-state index in [0.29, 0.717) is 25.0 Å². The molecule has 1 aliphatic carbocycles. The molecule has 1 aliphatic rings. The smallest absolute Gasteiger partial charge is 0.338 e. The van der Waals surface area contributed by atoms with Crippen molar-refractivity contribution in [2.75, 3.05) is 6.61 Å². The Morgan fingerprint density at radius 1 is 1.31 bits per heavy atom. The molecule has 84 valence electrons. The fraction of sp³-hybridized carbons (Fsp3) is 0.385. The summed E-state index contributed by atoms with van der Waals surface area (Å²) in [4.78, 5) is 22.8. The maximum Gasteiger partial charge on any atom is 0.338 e. The zero-order chi connectivity index (χ0) is 11.5. The molecule has 2 rings (SSSR count). The predicted molar refractivity (Wildman–Crippen MR) is 59.4 cm³/mol. The summed E-state index contributed by atoms with van der Waals surface area (Å²) in [5.41, 5.74) is 2.73. The van der Waals surface area contributed by atoms with Crippen LogP contribution in [0.2, 0.25) is 0 Å². The second kappa shape index (κ2) is 4.47. The molecule has 0 amide bonds. The van der Waals surface area contributed by atoms with Crippen molar-refractivity contribution >= 4 is 11.8 Å². The summed E-state index contributed by atoms with van der Waals surface area (Å²) in [5, 5.41) is 0. The van der Waals surface area contributed by atoms with E-state index in [1.165, 1.54) is 0 Å². The minimum atomic E-state index is -0.290. The van der Waals surface area contributed by atoms with Crippen molar-refractivity contribution in [2.45, 2.75) is 26.2 Å². The molecule has 0 aliphatic heterocycles. The van der Waals surface area contributed by atoms with Gasteiger partial charge in [0.25, 0.3) is 0 Å². The molecule has 3 nitrogen and oxygen atoms in total. The molecule has 0 spiro atoms. The van der Waals surface area contributed by atoms with Crippen LogP contribution in [0.1, 0.15) is 34.8 Å². The van der Waals surface area contributed by atoms with E-state index in [9.17, 15) is 9.59 Å². The van der Waals surface area contributed by atoms with Crippen LogP contribution >= 0.6 is 0 Å². The van der Waals surface area contributed by atoms with Gasteiger partial charge in [-0.15, -0.1) is 0 Å². The zero-order valence-corrected chi connectivity index (χ0v) is 9.29. The van der Waals surface area contributed by atoms with Crippen molar-refractivity contribution in [3.63, 3.8) is 0 Å². The summed E-state index contributed by atoms with van der Waals surface area (Å²) in [5.74, 6) is -0.0152. The van der Waals surface area contributed by atoms with Gasteiger partial charge < -0.3 is 4.74 Å². The highest BCUT2D eigenvalue weighted by Gasteiger charge is 2.17. The van der Waals surface area contributed by atoms with Gasteiger partial charge in [-0.3, -0.25) is 4.79 Å². The number of ether oxygens (including phenoxy) is 1. The van der Waals surface area contributed by atoms with Crippen LogP contribution < -0.4 is 0 Å². The van der Waals surface area contributed by atoms with Gasteiger partial charge in [-0.2, -0.15) is 0 Å². The Labute approximate surface area is 94.4 Å². The van der Waals surface area contributed by atoms with E-state index in [1.54, 1.807) is 13.0 Å². The van der Waals surface area contributed by atoms with Gasteiger partial charge in [-0.05, 0) is 36.6 Å². The lowest BCUT2D eigenvalue weighted by Crippen LogP contribution is -2.14. The molecule has 1 aromatic rings. The lowest BCUT2D eigenvalue weighted by atomic mass is 9.89. The number of carbonyl (C=O) groups is 2. The van der Waals surface area contributed by atoms with Crippen LogP contribution in [-0.2, 0) is 22.4 Å². The monoisotopic (exact) mass is 218 g/mol. The molecule has 0 radical (unpaired) electrons. The normalized spacial score (nSPS) is 14.4. The minimum absolute atomic E-state index is 0.274. The third-order valence-electron chi connectivity index (χ3n) is 2.78. The molecule has 1 aromatic carbocycles. The van der Waals surface area contributed by atoms with Crippen molar-refractivity contribution in [1.82, 2.24) is 0 Å². The van der Waals surface area contributed by atoms with Gasteiger partial charge in [0.1, 0.15) is 5.78 Å². The predicted octanol–water partition coefficient (Wildman–Crippen LogP) is 1.92. The lowest BCUT2D eigenvalue weighted by Gasteiger charge is -2.15. The molecule has 0 fully saturated rings. The first-order valence-corrected chi connectivity index (χ1v) is 5.51. The van der Waals surface area contributed by atoms with Crippen molar-refractivity contribution in [3.05, 3.63) is 34.9 Å². The number of Topliss-reactive ketones (excluding diaryl/α,β-unsaturated/α-hetero) is 1. The van der Waals surface area contributed by atoms with E-state index in [-0.39, 0.29) is 11.8 Å². The van der Waals surface area contributed by atoms with Crippen molar-refractivity contribution in [1.29, 1.82) is 0 Å². The number of hydrogen-bond acceptors (Lipinski definition) is 3. The van der Waals surface area contributed by atoms with Gasteiger partial charge in [-0.25, -0.2) is 4.79 Å². The van der Waals surface area contributed by atoms with Gasteiger partial charge in [0, 0.05) is 12.8 Å². The van der Waals surface area contributed by atoms with Crippen LogP contribution in [0.4, 0.5) is 0 Å². The summed E-state index contributed by atoms with van der Waals surface area (Å²) < 4.78 is 4.93. The van der Waals surface area contributed by atoms with E-state index in [4.69, 9.17) is 4.74 Å². The number of aryl methyl sites for hydroxylation is 1. The third-order valence-corrected chi connectivity index (χ3v) is 2.78. The summed E-state index contributed by atoms with van der Waals surface area (Å²) >= 11 is 0. The molecular formula is C13H14O3. The van der Waals surface area contributed by atoms with Crippen molar-refractivity contribution in [2.24, 2.45) is 0 Å². The Hall–Kier alpha value is -1.64. The number of ketones is 1. The van der Waals surface area contributed by atoms with Crippen LogP contribution in [0.25, 0.3) is 0 Å². The Balaban J connectivity index is 2.26. The van der Waals surface area contributed by atoms with Crippen LogP contribution in [0.15, 0.2) is 18.2 Å². The SMILES string of the molecule is CCOC(=O)c1ccc2c(c1)CCC(=O)C2. The highest BCUT2D eigenvalue weighted by Crippen LogP contribution is 2.20. The number of esters is 1. The summed E-state index contributed by atoms with van der Waals surface area (Å²) in [6.45, 7) is 2.17. The molecule has 0 unspecified atom stereocenters. The number of fused-ring (bicyclic) bond motifs is 1. The standard InChI is InChI=1S/C13H14O3/c1-2-16-13(15)11-4-3-10-8-12(14)6-5-9(10)7-11/h3-4,7H,2,5-6,8H2,1H3. The Bertz CT molecular complexity index is 435. The van der Waals surface area contributed by atoms with Gasteiger partial charge in [-0.1, -0.05) is 6.07 Å². The number of carbonyl (C=O) groups excluding carboxylic acids is 2. The van der Waals surface area contributed by atoms with Gasteiger partial charge in [0.2, 0.25) is 0 Å². The molecule has 0 aromatic heterocycles. The molecule has 16 heavy (non-hydrogen) atoms. The van der Waals surface area contributed by atoms with Gasteiger partial charge >= 0.3 is 5.97 Å². The zero-order valence-electron chi connectivity index (χ0n) is 9.29. The van der Waals surface area contributed by atoms with E-state index >= 15 is 0 Å². The van der Waals surface area contributed by atoms with E-state index in [1.807, 2.05) is 12.1 Å². The molecule has 0 saturated heterocycles. The minimum Gasteiger partial charge on any atom is -0.462 e. The van der Waals surface area contributed by atoms with Crippen LogP contribution in [0, 0.1) is 0 Å². The van der Waals surface area contributed by atoms with E-state index in [0.717, 1.165) is 17.5 Å². The first kappa shape index (κ1) is 10.9. The number of benzene rings is 1. The second-order valence-electron chi connectivity index (χ2n) is 3.92. The molecule has 0 saturated carbocycles. The average molecular weight is 218 g/mol. The maximum atomic E-state index is 11.5. The second-order valence-corrected chi connectivity index (χ2v) is 3.92. The topological polar surface area (TPSA) is 43.4 Å². The summed E-state index contributed by atoms with van der Waals surface area (Å²) in [6, 6.07) is 5.44. The van der Waals surface area contributed by atoms with Gasteiger partial charge in [0.15, 0.2) is 0 Å². The number of hydrogen-bond donors (Lipinski definition) is 0. The van der Waals surface area contributed by atoms with Gasteiger partial charge in [0.05, 0.1) is 12.2 Å². The first-order valence-electron chi connectivity index (χ1n) is 5.51. The van der Waals surface area contributed by atoms with Crippen molar-refractivity contribution in [3.8, 4) is 0 Å². The molecule has 0 heterocycles. The fourth-order valence-electron chi connectivity index (χ4n) is 1.95. The molecule has 3 heteroatoms. The molecule has 0 bridgehead atoms. The van der Waals surface area contributed by atoms with Crippen LogP contribution in [0.5, 0.6) is 0 Å². The Morgan fingerprint density at radius 2 is 2.12 bits per heavy atom. The quantitative estimate of drug-likeness (QED) is 0.712. The van der Waals surface area contributed by atoms with Crippen LogP contribution in [0.3, 0.4) is 0 Å². The van der Waals surface area contributed by atoms with Crippen LogP contribution in [-0.4, -0.2) is 18.4 Å². The maximum absolute atomic E-state index is 11.5. The molecule has 0 N–H and O–H groups in total. The Morgan fingerprint density at radius 3 is 2.88 bits per heavy atom. The first-order chi connectivity index (χ1) is 7.70. The molecule has 0 atom stereocenters. The highest BCUT2D eigenvalue weighted by atomic mass is 16.5. The van der Waals surface area contributed by atoms with E-state index < -0.39 is 0 Å². The van der Waals surface area contributed by atoms with Crippen molar-refractivity contribution < 1.29 is 14.3 Å². The molecular weight excluding hydrogens is 204 g/mol. The lowest BCUT2D eigenvalue weighted by molar-refractivity contribution is -0.118. The number of rotatable bonds is 2.